The average Bonchev–Trinajstić information content (AvgIpc) is 2.95. The van der Waals surface area contributed by atoms with E-state index in [1.165, 1.54) is 11.1 Å². The van der Waals surface area contributed by atoms with Crippen LogP contribution >= 0.6 is 0 Å². The molecule has 0 radical (unpaired) electrons. The molecule has 41 heavy (non-hydrogen) atoms. The van der Waals surface area contributed by atoms with Gasteiger partial charge in [-0.15, -0.1) is 0 Å². The van der Waals surface area contributed by atoms with Crippen molar-refractivity contribution < 1.29 is 38.0 Å². The molecule has 2 rings (SSSR count). The molecule has 0 unspecified atom stereocenters. The van der Waals surface area contributed by atoms with Crippen molar-refractivity contribution in [1.29, 1.82) is 0 Å². The molecule has 0 amide bonds. The Labute approximate surface area is 244 Å². The number of hydrogen-bond acceptors (Lipinski definition) is 8. The minimum atomic E-state index is -0.377. The van der Waals surface area contributed by atoms with Gasteiger partial charge in [0.25, 0.3) is 0 Å². The predicted octanol–water partition coefficient (Wildman–Crippen LogP) is 5.82. The van der Waals surface area contributed by atoms with Gasteiger partial charge in [-0.2, -0.15) is 0 Å². The molecule has 2 aromatic carbocycles. The van der Waals surface area contributed by atoms with Gasteiger partial charge in [-0.05, 0) is 49.2 Å². The number of carbonyl (C=O) groups excluding carboxylic acids is 2. The largest absolute Gasteiger partial charge is 0.491 e. The average molecular weight is 569 g/mol. The summed E-state index contributed by atoms with van der Waals surface area (Å²) in [6.07, 6.45) is 1.25. The van der Waals surface area contributed by atoms with Crippen molar-refractivity contribution in [1.82, 2.24) is 0 Å². The van der Waals surface area contributed by atoms with Crippen LogP contribution in [0.1, 0.15) is 51.7 Å². The number of benzene rings is 2. The summed E-state index contributed by atoms with van der Waals surface area (Å²) < 4.78 is 32.7. The molecule has 8 nitrogen and oxygen atoms in total. The van der Waals surface area contributed by atoms with Gasteiger partial charge in [0.15, 0.2) is 0 Å². The summed E-state index contributed by atoms with van der Waals surface area (Å²) in [5.74, 6) is 0.807. The Morgan fingerprint density at radius 2 is 0.951 bits per heavy atom. The molecular formula is C33H44O8. The molecule has 224 valence electrons. The number of esters is 2. The van der Waals surface area contributed by atoms with Gasteiger partial charge in [0.05, 0.1) is 26.4 Å². The molecule has 0 saturated carbocycles. The minimum Gasteiger partial charge on any atom is -0.491 e. The first kappa shape index (κ1) is 33.6. The van der Waals surface area contributed by atoms with E-state index in [-0.39, 0.29) is 17.4 Å². The smallest absolute Gasteiger partial charge is 0.333 e. The highest BCUT2D eigenvalue weighted by molar-refractivity contribution is 5.87. The molecule has 0 aliphatic carbocycles. The number of hydrogen-bond donors (Lipinski definition) is 0. The minimum absolute atomic E-state index is 0.204. The van der Waals surface area contributed by atoms with Crippen molar-refractivity contribution in [2.75, 3.05) is 52.9 Å². The fraction of sp³-hybridized carbons (Fsp3) is 0.455. The molecule has 0 atom stereocenters. The molecule has 0 bridgehead atoms. The van der Waals surface area contributed by atoms with Crippen LogP contribution < -0.4 is 9.47 Å². The third-order valence-corrected chi connectivity index (χ3v) is 6.17. The second-order valence-corrected chi connectivity index (χ2v) is 10.1. The van der Waals surface area contributed by atoms with E-state index in [2.05, 4.69) is 51.3 Å². The zero-order chi connectivity index (χ0) is 30.1. The maximum absolute atomic E-state index is 11.3. The zero-order valence-electron chi connectivity index (χ0n) is 24.9. The Balaban J connectivity index is 1.66. The van der Waals surface area contributed by atoms with Crippen LogP contribution in [0.25, 0.3) is 0 Å². The maximum Gasteiger partial charge on any atom is 0.333 e. The van der Waals surface area contributed by atoms with Crippen molar-refractivity contribution in [2.24, 2.45) is 0 Å². The van der Waals surface area contributed by atoms with Crippen LogP contribution in [-0.4, -0.2) is 64.8 Å². The quantitative estimate of drug-likeness (QED) is 0.112. The van der Waals surface area contributed by atoms with Crippen molar-refractivity contribution >= 4 is 11.9 Å². The molecule has 0 aliphatic rings. The van der Waals surface area contributed by atoms with E-state index < -0.39 is 0 Å². The first-order valence-electron chi connectivity index (χ1n) is 13.9. The first-order valence-corrected chi connectivity index (χ1v) is 13.9. The Morgan fingerprint density at radius 1 is 0.585 bits per heavy atom. The molecule has 0 saturated heterocycles. The standard InChI is InChI=1S/C33H44O8/c1-25(2)31(34)40-19-7-17-36-21-23-38-29-13-9-27(10-14-29)33(5,6)28-11-15-30(16-12-28)39-24-22-37-18-8-20-41-32(35)26(3)4/h9-16H,1,3,7-8,17-24H2,2,4-6H3. The Bertz CT molecular complexity index is 1020. The van der Waals surface area contributed by atoms with Gasteiger partial charge in [-0.3, -0.25) is 0 Å². The Hall–Kier alpha value is -3.62. The lowest BCUT2D eigenvalue weighted by Gasteiger charge is -2.26. The predicted molar refractivity (Wildman–Crippen MR) is 158 cm³/mol. The lowest BCUT2D eigenvalue weighted by Crippen LogP contribution is -2.18. The Kier molecular flexibility index (Phi) is 14.7. The summed E-state index contributed by atoms with van der Waals surface area (Å²) >= 11 is 0. The van der Waals surface area contributed by atoms with Gasteiger partial charge in [-0.25, -0.2) is 9.59 Å². The van der Waals surface area contributed by atoms with Crippen LogP contribution in [0.15, 0.2) is 72.8 Å². The summed E-state index contributed by atoms with van der Waals surface area (Å²) in [5.41, 5.74) is 2.92. The van der Waals surface area contributed by atoms with Gasteiger partial charge in [0, 0.05) is 42.6 Å². The molecule has 0 heterocycles. The van der Waals surface area contributed by atoms with Crippen LogP contribution in [0, 0.1) is 0 Å². The summed E-state index contributed by atoms with van der Waals surface area (Å²) in [4.78, 5) is 22.6. The molecule has 2 aromatic rings. The fourth-order valence-corrected chi connectivity index (χ4v) is 3.64. The van der Waals surface area contributed by atoms with Crippen molar-refractivity contribution in [2.45, 2.75) is 46.0 Å². The Morgan fingerprint density at radius 3 is 1.29 bits per heavy atom. The molecule has 0 spiro atoms. The van der Waals surface area contributed by atoms with E-state index in [0.717, 1.165) is 11.5 Å². The third kappa shape index (κ3) is 12.6. The van der Waals surface area contributed by atoms with Gasteiger partial charge in [0.1, 0.15) is 24.7 Å². The summed E-state index contributed by atoms with van der Waals surface area (Å²) in [7, 11) is 0. The van der Waals surface area contributed by atoms with E-state index in [1.54, 1.807) is 13.8 Å². The topological polar surface area (TPSA) is 89.5 Å². The molecule has 8 heteroatoms. The highest BCUT2D eigenvalue weighted by Gasteiger charge is 2.23. The highest BCUT2D eigenvalue weighted by Crippen LogP contribution is 2.33. The fourth-order valence-electron chi connectivity index (χ4n) is 3.64. The van der Waals surface area contributed by atoms with Gasteiger partial charge in [-0.1, -0.05) is 51.3 Å². The van der Waals surface area contributed by atoms with Crippen LogP contribution in [0.3, 0.4) is 0 Å². The van der Waals surface area contributed by atoms with Crippen LogP contribution in [0.5, 0.6) is 11.5 Å². The van der Waals surface area contributed by atoms with E-state index in [4.69, 9.17) is 28.4 Å². The van der Waals surface area contributed by atoms with Gasteiger partial charge in [0.2, 0.25) is 0 Å². The molecule has 0 aliphatic heterocycles. The van der Waals surface area contributed by atoms with Crippen molar-refractivity contribution in [3.8, 4) is 11.5 Å². The van der Waals surface area contributed by atoms with Crippen LogP contribution in [0.4, 0.5) is 0 Å². The number of ether oxygens (including phenoxy) is 6. The summed E-state index contributed by atoms with van der Waals surface area (Å²) in [6.45, 7) is 18.1. The second-order valence-electron chi connectivity index (χ2n) is 10.1. The number of rotatable bonds is 20. The summed E-state index contributed by atoms with van der Waals surface area (Å²) in [5, 5.41) is 0. The lowest BCUT2D eigenvalue weighted by molar-refractivity contribution is -0.140. The van der Waals surface area contributed by atoms with Crippen LogP contribution in [-0.2, 0) is 34.0 Å². The van der Waals surface area contributed by atoms with Gasteiger partial charge >= 0.3 is 11.9 Å². The highest BCUT2D eigenvalue weighted by atomic mass is 16.5. The van der Waals surface area contributed by atoms with Crippen molar-refractivity contribution in [3.05, 3.63) is 84.0 Å². The van der Waals surface area contributed by atoms with Crippen molar-refractivity contribution in [3.63, 3.8) is 0 Å². The normalized spacial score (nSPS) is 11.0. The molecule has 0 aromatic heterocycles. The van der Waals surface area contributed by atoms with E-state index in [0.29, 0.717) is 76.8 Å². The maximum atomic E-state index is 11.3. The monoisotopic (exact) mass is 568 g/mol. The zero-order valence-corrected chi connectivity index (χ0v) is 24.9. The SMILES string of the molecule is C=C(C)C(=O)OCCCOCCOc1ccc(C(C)(C)c2ccc(OCCOCCCOC(=O)C(=C)C)cc2)cc1. The third-order valence-electron chi connectivity index (χ3n) is 6.17. The molecular weight excluding hydrogens is 524 g/mol. The lowest BCUT2D eigenvalue weighted by atomic mass is 9.78. The van der Waals surface area contributed by atoms with Gasteiger partial charge < -0.3 is 28.4 Å². The second kappa shape index (κ2) is 17.9. The molecule has 0 N–H and O–H groups in total. The van der Waals surface area contributed by atoms with E-state index in [9.17, 15) is 9.59 Å². The molecule has 0 fully saturated rings. The first-order chi connectivity index (χ1) is 19.6. The number of carbonyl (C=O) groups is 2. The van der Waals surface area contributed by atoms with E-state index in [1.807, 2.05) is 24.3 Å². The summed E-state index contributed by atoms with van der Waals surface area (Å²) in [6, 6.07) is 16.2. The van der Waals surface area contributed by atoms with Crippen LogP contribution in [0.2, 0.25) is 0 Å². The van der Waals surface area contributed by atoms with E-state index >= 15 is 0 Å².